The monoisotopic (exact) mass is 199 g/mol. The molecule has 0 aromatic carbocycles. The quantitative estimate of drug-likeness (QED) is 0.512. The van der Waals surface area contributed by atoms with E-state index in [-0.39, 0.29) is 17.6 Å². The standard InChI is InChI=1S/C11H21NO2/c1-7-8-14-10(11(3,4)5)12(6)9(2)13/h7,10H,1,8H2,2-6H3. The van der Waals surface area contributed by atoms with Crippen LogP contribution in [0, 0.1) is 5.41 Å². The molecule has 0 heterocycles. The molecule has 0 aliphatic carbocycles. The molecule has 0 rings (SSSR count). The van der Waals surface area contributed by atoms with E-state index in [0.717, 1.165) is 0 Å². The molecule has 1 amide bonds. The molecule has 1 atom stereocenters. The molecule has 0 saturated carbocycles. The topological polar surface area (TPSA) is 29.5 Å². The average molecular weight is 199 g/mol. The second-order valence-corrected chi connectivity index (χ2v) is 4.47. The van der Waals surface area contributed by atoms with Crippen molar-refractivity contribution in [1.82, 2.24) is 4.90 Å². The number of carbonyl (C=O) groups excluding carboxylic acids is 1. The summed E-state index contributed by atoms with van der Waals surface area (Å²) >= 11 is 0. The van der Waals surface area contributed by atoms with E-state index in [1.165, 1.54) is 6.92 Å². The van der Waals surface area contributed by atoms with Crippen LogP contribution in [0.2, 0.25) is 0 Å². The first-order valence-corrected chi connectivity index (χ1v) is 4.76. The van der Waals surface area contributed by atoms with Gasteiger partial charge in [0.25, 0.3) is 0 Å². The third kappa shape index (κ3) is 3.92. The van der Waals surface area contributed by atoms with Crippen LogP contribution in [0.1, 0.15) is 27.7 Å². The predicted molar refractivity (Wildman–Crippen MR) is 57.8 cm³/mol. The highest BCUT2D eigenvalue weighted by atomic mass is 16.5. The van der Waals surface area contributed by atoms with Gasteiger partial charge in [-0.15, -0.1) is 6.58 Å². The van der Waals surface area contributed by atoms with Crippen molar-refractivity contribution >= 4 is 5.91 Å². The molecule has 14 heavy (non-hydrogen) atoms. The van der Waals surface area contributed by atoms with Crippen LogP contribution in [0.15, 0.2) is 12.7 Å². The van der Waals surface area contributed by atoms with Crippen molar-refractivity contribution in [3.8, 4) is 0 Å². The minimum atomic E-state index is -0.210. The molecule has 82 valence electrons. The molecule has 0 saturated heterocycles. The van der Waals surface area contributed by atoms with Gasteiger partial charge in [0.05, 0.1) is 6.61 Å². The highest BCUT2D eigenvalue weighted by Crippen LogP contribution is 2.24. The van der Waals surface area contributed by atoms with Crippen LogP contribution < -0.4 is 0 Å². The zero-order valence-electron chi connectivity index (χ0n) is 9.83. The van der Waals surface area contributed by atoms with E-state index in [0.29, 0.717) is 6.61 Å². The zero-order chi connectivity index (χ0) is 11.4. The molecular weight excluding hydrogens is 178 g/mol. The second-order valence-electron chi connectivity index (χ2n) is 4.47. The van der Waals surface area contributed by atoms with Gasteiger partial charge in [0.1, 0.15) is 6.23 Å². The van der Waals surface area contributed by atoms with E-state index < -0.39 is 0 Å². The lowest BCUT2D eigenvalue weighted by Gasteiger charge is -2.36. The Balaban J connectivity index is 4.54. The van der Waals surface area contributed by atoms with Crippen molar-refractivity contribution in [2.75, 3.05) is 13.7 Å². The van der Waals surface area contributed by atoms with Crippen molar-refractivity contribution in [1.29, 1.82) is 0 Å². The van der Waals surface area contributed by atoms with Gasteiger partial charge in [-0.2, -0.15) is 0 Å². The van der Waals surface area contributed by atoms with Gasteiger partial charge in [-0.3, -0.25) is 4.79 Å². The summed E-state index contributed by atoms with van der Waals surface area (Å²) in [7, 11) is 1.75. The van der Waals surface area contributed by atoms with Crippen molar-refractivity contribution in [2.24, 2.45) is 5.41 Å². The number of amides is 1. The predicted octanol–water partition coefficient (Wildman–Crippen LogP) is 2.04. The van der Waals surface area contributed by atoms with E-state index >= 15 is 0 Å². The summed E-state index contributed by atoms with van der Waals surface area (Å²) in [4.78, 5) is 12.8. The Kier molecular flexibility index (Phi) is 4.85. The molecule has 0 aromatic heterocycles. The van der Waals surface area contributed by atoms with Crippen LogP contribution >= 0.6 is 0 Å². The molecule has 0 fully saturated rings. The van der Waals surface area contributed by atoms with Crippen molar-refractivity contribution < 1.29 is 9.53 Å². The van der Waals surface area contributed by atoms with Crippen LogP contribution in [-0.4, -0.2) is 30.7 Å². The minimum Gasteiger partial charge on any atom is -0.354 e. The summed E-state index contributed by atoms with van der Waals surface area (Å²) in [6.45, 7) is 11.7. The molecule has 1 unspecified atom stereocenters. The molecular formula is C11H21NO2. The summed E-state index contributed by atoms with van der Waals surface area (Å²) in [6, 6.07) is 0. The molecule has 0 N–H and O–H groups in total. The summed E-state index contributed by atoms with van der Waals surface area (Å²) < 4.78 is 5.57. The lowest BCUT2D eigenvalue weighted by Crippen LogP contribution is -2.46. The number of ether oxygens (including phenoxy) is 1. The van der Waals surface area contributed by atoms with E-state index in [9.17, 15) is 4.79 Å². The fourth-order valence-corrected chi connectivity index (χ4v) is 1.27. The normalized spacial score (nSPS) is 13.5. The van der Waals surface area contributed by atoms with Crippen LogP contribution in [0.5, 0.6) is 0 Å². The molecule has 0 bridgehead atoms. The molecule has 0 aliphatic rings. The summed E-state index contributed by atoms with van der Waals surface area (Å²) in [5.41, 5.74) is -0.0938. The summed E-state index contributed by atoms with van der Waals surface area (Å²) in [5.74, 6) is 0.00832. The lowest BCUT2D eigenvalue weighted by atomic mass is 9.93. The third-order valence-electron chi connectivity index (χ3n) is 1.96. The molecule has 0 radical (unpaired) electrons. The fraction of sp³-hybridized carbons (Fsp3) is 0.727. The molecule has 0 spiro atoms. The Morgan fingerprint density at radius 3 is 2.36 bits per heavy atom. The first-order valence-electron chi connectivity index (χ1n) is 4.76. The van der Waals surface area contributed by atoms with Gasteiger partial charge in [0, 0.05) is 19.4 Å². The third-order valence-corrected chi connectivity index (χ3v) is 1.96. The average Bonchev–Trinajstić information content (AvgIpc) is 2.02. The van der Waals surface area contributed by atoms with Crippen LogP contribution in [0.25, 0.3) is 0 Å². The smallest absolute Gasteiger partial charge is 0.221 e. The van der Waals surface area contributed by atoms with E-state index in [1.807, 2.05) is 20.8 Å². The maximum absolute atomic E-state index is 11.2. The Labute approximate surface area is 86.7 Å². The van der Waals surface area contributed by atoms with E-state index in [2.05, 4.69) is 6.58 Å². The van der Waals surface area contributed by atoms with Gasteiger partial charge in [0.15, 0.2) is 0 Å². The van der Waals surface area contributed by atoms with Gasteiger partial charge in [-0.25, -0.2) is 0 Å². The molecule has 0 aliphatic heterocycles. The number of carbonyl (C=O) groups is 1. The number of nitrogens with zero attached hydrogens (tertiary/aromatic N) is 1. The van der Waals surface area contributed by atoms with Crippen molar-refractivity contribution in [2.45, 2.75) is 33.9 Å². The van der Waals surface area contributed by atoms with Gasteiger partial charge < -0.3 is 9.64 Å². The van der Waals surface area contributed by atoms with E-state index in [4.69, 9.17) is 4.74 Å². The van der Waals surface area contributed by atoms with Crippen LogP contribution in [-0.2, 0) is 9.53 Å². The van der Waals surface area contributed by atoms with Gasteiger partial charge in [0.2, 0.25) is 5.91 Å². The van der Waals surface area contributed by atoms with Gasteiger partial charge in [-0.05, 0) is 0 Å². The zero-order valence-corrected chi connectivity index (χ0v) is 9.83. The Hall–Kier alpha value is -0.830. The molecule has 3 nitrogen and oxygen atoms in total. The van der Waals surface area contributed by atoms with Gasteiger partial charge >= 0.3 is 0 Å². The Bertz CT molecular complexity index is 206. The largest absolute Gasteiger partial charge is 0.354 e. The number of hydrogen-bond donors (Lipinski definition) is 0. The van der Waals surface area contributed by atoms with Crippen LogP contribution in [0.4, 0.5) is 0 Å². The maximum Gasteiger partial charge on any atom is 0.221 e. The number of hydrogen-bond acceptors (Lipinski definition) is 2. The van der Waals surface area contributed by atoms with Gasteiger partial charge in [-0.1, -0.05) is 26.8 Å². The lowest BCUT2D eigenvalue weighted by molar-refractivity contribution is -0.151. The first kappa shape index (κ1) is 13.2. The highest BCUT2D eigenvalue weighted by Gasteiger charge is 2.30. The first-order chi connectivity index (χ1) is 6.30. The minimum absolute atomic E-state index is 0.00832. The number of rotatable bonds is 4. The Morgan fingerprint density at radius 2 is 2.07 bits per heavy atom. The molecule has 3 heteroatoms. The van der Waals surface area contributed by atoms with Crippen LogP contribution in [0.3, 0.4) is 0 Å². The highest BCUT2D eigenvalue weighted by molar-refractivity contribution is 5.73. The van der Waals surface area contributed by atoms with Crippen molar-refractivity contribution in [3.05, 3.63) is 12.7 Å². The summed E-state index contributed by atoms with van der Waals surface area (Å²) in [5, 5.41) is 0. The fourth-order valence-electron chi connectivity index (χ4n) is 1.27. The van der Waals surface area contributed by atoms with E-state index in [1.54, 1.807) is 18.0 Å². The Morgan fingerprint density at radius 1 is 1.57 bits per heavy atom. The second kappa shape index (κ2) is 5.15. The van der Waals surface area contributed by atoms with Crippen molar-refractivity contribution in [3.63, 3.8) is 0 Å². The summed E-state index contributed by atoms with van der Waals surface area (Å²) in [6.07, 6.45) is 1.48. The SMILES string of the molecule is C=CCOC(N(C)C(C)=O)C(C)(C)C. The molecule has 0 aromatic rings. The maximum atomic E-state index is 11.2.